The Kier molecular flexibility index (Phi) is 5.30. The van der Waals surface area contributed by atoms with E-state index in [0.717, 1.165) is 5.69 Å². The minimum Gasteiger partial charge on any atom is -0.492 e. The lowest BCUT2D eigenvalue weighted by Gasteiger charge is -2.12. The van der Waals surface area contributed by atoms with E-state index in [-0.39, 0.29) is 0 Å². The molecule has 0 spiro atoms. The number of thiazole rings is 1. The number of amides is 2. The predicted octanol–water partition coefficient (Wildman–Crippen LogP) is 4.94. The van der Waals surface area contributed by atoms with E-state index in [1.54, 1.807) is 29.1 Å². The number of urea groups is 1. The van der Waals surface area contributed by atoms with Crippen molar-refractivity contribution in [1.82, 2.24) is 14.8 Å². The quantitative estimate of drug-likeness (QED) is 0.470. The maximum absolute atomic E-state index is 12.6. The standard InChI is InChI=1S/C20H19N5O3S/c1-3-27-16-8-5-4-7-14(16)21-19(26)23-18-11-13(2)24-25(18)20-22-15(12-29-20)17-9-6-10-28-17/h4-12H,3H2,1-2H3,(H2,21,23,26). The van der Waals surface area contributed by atoms with Gasteiger partial charge in [0.1, 0.15) is 17.3 Å². The van der Waals surface area contributed by atoms with Crippen molar-refractivity contribution in [2.75, 3.05) is 17.2 Å². The summed E-state index contributed by atoms with van der Waals surface area (Å²) in [7, 11) is 0. The maximum atomic E-state index is 12.6. The van der Waals surface area contributed by atoms with E-state index in [1.165, 1.54) is 11.3 Å². The van der Waals surface area contributed by atoms with Gasteiger partial charge in [-0.3, -0.25) is 5.32 Å². The molecule has 0 aliphatic carbocycles. The summed E-state index contributed by atoms with van der Waals surface area (Å²) in [5.41, 5.74) is 2.05. The lowest BCUT2D eigenvalue weighted by molar-refractivity contribution is 0.261. The molecule has 0 fully saturated rings. The normalized spacial score (nSPS) is 10.7. The van der Waals surface area contributed by atoms with E-state index in [4.69, 9.17) is 9.15 Å². The Hall–Kier alpha value is -3.59. The van der Waals surface area contributed by atoms with Gasteiger partial charge >= 0.3 is 6.03 Å². The first-order valence-electron chi connectivity index (χ1n) is 9.00. The molecule has 3 heterocycles. The van der Waals surface area contributed by atoms with Crippen LogP contribution in [0.5, 0.6) is 5.75 Å². The lowest BCUT2D eigenvalue weighted by atomic mass is 10.3. The van der Waals surface area contributed by atoms with Crippen LogP contribution in [0.4, 0.5) is 16.3 Å². The highest BCUT2D eigenvalue weighted by Crippen LogP contribution is 2.27. The number of rotatable bonds is 6. The van der Waals surface area contributed by atoms with Crippen molar-refractivity contribution in [2.45, 2.75) is 13.8 Å². The molecule has 148 valence electrons. The summed E-state index contributed by atoms with van der Waals surface area (Å²) in [6.45, 7) is 4.25. The highest BCUT2D eigenvalue weighted by atomic mass is 32.1. The van der Waals surface area contributed by atoms with Crippen molar-refractivity contribution in [3.63, 3.8) is 0 Å². The van der Waals surface area contributed by atoms with E-state index >= 15 is 0 Å². The van der Waals surface area contributed by atoms with Crippen LogP contribution >= 0.6 is 11.3 Å². The van der Waals surface area contributed by atoms with Gasteiger partial charge in [-0.15, -0.1) is 11.3 Å². The van der Waals surface area contributed by atoms with Gasteiger partial charge < -0.3 is 14.5 Å². The van der Waals surface area contributed by atoms with Crippen LogP contribution in [0, 0.1) is 6.92 Å². The first-order valence-corrected chi connectivity index (χ1v) is 9.88. The number of anilines is 2. The largest absolute Gasteiger partial charge is 0.492 e. The van der Waals surface area contributed by atoms with Crippen LogP contribution in [-0.2, 0) is 0 Å². The second-order valence-corrected chi connectivity index (χ2v) is 6.92. The van der Waals surface area contributed by atoms with Gasteiger partial charge in [0.05, 0.1) is 24.3 Å². The fourth-order valence-electron chi connectivity index (χ4n) is 2.75. The van der Waals surface area contributed by atoms with Crippen molar-refractivity contribution < 1.29 is 13.9 Å². The second-order valence-electron chi connectivity index (χ2n) is 6.08. The topological polar surface area (TPSA) is 94.2 Å². The number of hydrogen-bond acceptors (Lipinski definition) is 6. The Morgan fingerprint density at radius 1 is 1.24 bits per heavy atom. The Bertz CT molecular complexity index is 1120. The SMILES string of the molecule is CCOc1ccccc1NC(=O)Nc1cc(C)nn1-c1nc(-c2ccco2)cs1. The summed E-state index contributed by atoms with van der Waals surface area (Å²) in [6.07, 6.45) is 1.60. The summed E-state index contributed by atoms with van der Waals surface area (Å²) in [5, 5.41) is 12.6. The number of hydrogen-bond donors (Lipinski definition) is 2. The molecule has 3 aromatic heterocycles. The van der Waals surface area contributed by atoms with Gasteiger partial charge in [-0.05, 0) is 38.1 Å². The van der Waals surface area contributed by atoms with Crippen LogP contribution in [0.25, 0.3) is 16.6 Å². The van der Waals surface area contributed by atoms with Gasteiger partial charge in [0.25, 0.3) is 0 Å². The van der Waals surface area contributed by atoms with Crippen molar-refractivity contribution >= 4 is 28.9 Å². The van der Waals surface area contributed by atoms with Crippen LogP contribution in [0.1, 0.15) is 12.6 Å². The number of para-hydroxylation sites is 2. The molecule has 0 bridgehead atoms. The van der Waals surface area contributed by atoms with Crippen molar-refractivity contribution in [3.05, 3.63) is 59.8 Å². The Balaban J connectivity index is 1.54. The molecule has 0 atom stereocenters. The number of ether oxygens (including phenoxy) is 1. The minimum atomic E-state index is -0.402. The van der Waals surface area contributed by atoms with E-state index in [0.29, 0.717) is 40.4 Å². The smallest absolute Gasteiger partial charge is 0.324 e. The molecule has 2 amide bonds. The molecule has 0 saturated heterocycles. The zero-order valence-electron chi connectivity index (χ0n) is 15.9. The summed E-state index contributed by atoms with van der Waals surface area (Å²) < 4.78 is 12.5. The fraction of sp³-hybridized carbons (Fsp3) is 0.150. The molecule has 4 aromatic rings. The molecule has 1 aromatic carbocycles. The second kappa shape index (κ2) is 8.19. The molecule has 0 aliphatic rings. The van der Waals surface area contributed by atoms with Crippen LogP contribution in [0.2, 0.25) is 0 Å². The third-order valence-corrected chi connectivity index (χ3v) is 4.77. The van der Waals surface area contributed by atoms with Crippen molar-refractivity contribution in [2.24, 2.45) is 0 Å². The molecule has 8 nitrogen and oxygen atoms in total. The third-order valence-electron chi connectivity index (χ3n) is 3.96. The third kappa shape index (κ3) is 4.14. The van der Waals surface area contributed by atoms with Crippen molar-refractivity contribution in [1.29, 1.82) is 0 Å². The van der Waals surface area contributed by atoms with E-state index in [2.05, 4.69) is 20.7 Å². The average Bonchev–Trinajstić information content (AvgIpc) is 3.44. The summed E-state index contributed by atoms with van der Waals surface area (Å²) in [6, 6.07) is 12.3. The van der Waals surface area contributed by atoms with Crippen LogP contribution in [0.15, 0.2) is 58.5 Å². The first-order chi connectivity index (χ1) is 14.1. The Morgan fingerprint density at radius 2 is 2.10 bits per heavy atom. The molecule has 9 heteroatoms. The zero-order chi connectivity index (χ0) is 20.2. The monoisotopic (exact) mass is 409 g/mol. The Morgan fingerprint density at radius 3 is 2.90 bits per heavy atom. The molecule has 0 aliphatic heterocycles. The number of aromatic nitrogens is 3. The fourth-order valence-corrected chi connectivity index (χ4v) is 3.53. The van der Waals surface area contributed by atoms with Crippen LogP contribution < -0.4 is 15.4 Å². The van der Waals surface area contributed by atoms with Crippen LogP contribution in [-0.4, -0.2) is 27.4 Å². The summed E-state index contributed by atoms with van der Waals surface area (Å²) >= 11 is 1.41. The molecule has 29 heavy (non-hydrogen) atoms. The molecular formula is C20H19N5O3S. The number of carbonyl (C=O) groups is 1. The van der Waals surface area contributed by atoms with E-state index < -0.39 is 6.03 Å². The number of nitrogens with one attached hydrogen (secondary N) is 2. The highest BCUT2D eigenvalue weighted by molar-refractivity contribution is 7.12. The Labute approximate surface area is 171 Å². The molecular weight excluding hydrogens is 390 g/mol. The van der Waals surface area contributed by atoms with Gasteiger partial charge in [0, 0.05) is 11.4 Å². The van der Waals surface area contributed by atoms with E-state index in [1.807, 2.05) is 43.5 Å². The molecule has 0 unspecified atom stereocenters. The molecule has 4 rings (SSSR count). The summed E-state index contributed by atoms with van der Waals surface area (Å²) in [4.78, 5) is 17.1. The zero-order valence-corrected chi connectivity index (χ0v) is 16.7. The van der Waals surface area contributed by atoms with Gasteiger partial charge in [-0.2, -0.15) is 9.78 Å². The number of nitrogens with zero attached hydrogens (tertiary/aromatic N) is 3. The first kappa shape index (κ1) is 18.8. The number of benzene rings is 1. The lowest BCUT2D eigenvalue weighted by Crippen LogP contribution is -2.21. The van der Waals surface area contributed by atoms with Gasteiger partial charge in [-0.25, -0.2) is 9.78 Å². The van der Waals surface area contributed by atoms with Crippen molar-refractivity contribution in [3.8, 4) is 22.3 Å². The minimum absolute atomic E-state index is 0.402. The number of carbonyl (C=O) groups excluding carboxylic acids is 1. The average molecular weight is 409 g/mol. The predicted molar refractivity (Wildman–Crippen MR) is 112 cm³/mol. The molecule has 0 radical (unpaired) electrons. The number of furan rings is 1. The van der Waals surface area contributed by atoms with Gasteiger partial charge in [0.15, 0.2) is 5.76 Å². The van der Waals surface area contributed by atoms with Gasteiger partial charge in [-0.1, -0.05) is 12.1 Å². The summed E-state index contributed by atoms with van der Waals surface area (Å²) in [5.74, 6) is 1.79. The molecule has 2 N–H and O–H groups in total. The number of aryl methyl sites for hydroxylation is 1. The highest BCUT2D eigenvalue weighted by Gasteiger charge is 2.16. The maximum Gasteiger partial charge on any atom is 0.324 e. The van der Waals surface area contributed by atoms with Gasteiger partial charge in [0.2, 0.25) is 5.13 Å². The van der Waals surface area contributed by atoms with E-state index in [9.17, 15) is 4.79 Å². The molecule has 0 saturated carbocycles. The van der Waals surface area contributed by atoms with Crippen LogP contribution in [0.3, 0.4) is 0 Å².